The van der Waals surface area contributed by atoms with Gasteiger partial charge in [-0.1, -0.05) is 17.7 Å². The zero-order valence-electron chi connectivity index (χ0n) is 16.8. The Bertz CT molecular complexity index is 1260. The van der Waals surface area contributed by atoms with E-state index in [1.54, 1.807) is 0 Å². The fourth-order valence-corrected chi connectivity index (χ4v) is 3.56. The number of hydrogen-bond donors (Lipinski definition) is 3. The van der Waals surface area contributed by atoms with E-state index in [4.69, 9.17) is 17.3 Å². The van der Waals surface area contributed by atoms with E-state index in [9.17, 15) is 18.0 Å². The van der Waals surface area contributed by atoms with Crippen molar-refractivity contribution in [2.24, 2.45) is 0 Å². The minimum Gasteiger partial charge on any atom is -0.381 e. The van der Waals surface area contributed by atoms with Gasteiger partial charge in [-0.3, -0.25) is 4.79 Å². The zero-order valence-corrected chi connectivity index (χ0v) is 19.7. The Balaban J connectivity index is 2.13. The van der Waals surface area contributed by atoms with E-state index < -0.39 is 47.1 Å². The highest BCUT2D eigenvalue weighted by molar-refractivity contribution is 14.1. The number of benzene rings is 2. The number of halogens is 6. The first-order chi connectivity index (χ1) is 15.6. The molecule has 0 aliphatic rings. The van der Waals surface area contributed by atoms with Crippen LogP contribution in [0.2, 0.25) is 5.02 Å². The molecule has 4 N–H and O–H groups in total. The Morgan fingerprint density at radius 3 is 2.58 bits per heavy atom. The number of rotatable bonds is 7. The molecule has 0 fully saturated rings. The quantitative estimate of drug-likeness (QED) is 0.142. The first kappa shape index (κ1) is 24.8. The molecule has 5 nitrogen and oxygen atoms in total. The number of nitrogens with one attached hydrogen (secondary N) is 2. The van der Waals surface area contributed by atoms with Crippen LogP contribution in [0.5, 0.6) is 0 Å². The van der Waals surface area contributed by atoms with Gasteiger partial charge < -0.3 is 16.4 Å². The predicted octanol–water partition coefficient (Wildman–Crippen LogP) is 5.73. The molecule has 3 rings (SSSR count). The molecular weight excluding hydrogens is 575 g/mol. The maximum atomic E-state index is 15.2. The average molecular weight is 591 g/mol. The van der Waals surface area contributed by atoms with Crippen molar-refractivity contribution in [2.75, 3.05) is 17.6 Å². The van der Waals surface area contributed by atoms with E-state index in [2.05, 4.69) is 22.2 Å². The van der Waals surface area contributed by atoms with E-state index in [0.717, 1.165) is 12.1 Å². The number of carbonyl (C=O) groups is 1. The molecule has 0 spiro atoms. The predicted molar refractivity (Wildman–Crippen MR) is 128 cm³/mol. The first-order valence-electron chi connectivity index (χ1n) is 9.34. The summed E-state index contributed by atoms with van der Waals surface area (Å²) in [4.78, 5) is 16.3. The van der Waals surface area contributed by atoms with Crippen LogP contribution in [0.3, 0.4) is 0 Å². The molecule has 1 heterocycles. The summed E-state index contributed by atoms with van der Waals surface area (Å²) < 4.78 is 59.2. The van der Waals surface area contributed by atoms with Gasteiger partial charge >= 0.3 is 0 Å². The molecule has 1 amide bonds. The van der Waals surface area contributed by atoms with E-state index >= 15 is 4.39 Å². The number of amides is 1. The van der Waals surface area contributed by atoms with Crippen LogP contribution in [0, 0.1) is 26.8 Å². The van der Waals surface area contributed by atoms with Crippen molar-refractivity contribution in [2.45, 2.75) is 6.42 Å². The number of nitrogens with zero attached hydrogens (tertiary/aromatic N) is 1. The molecule has 0 saturated carbocycles. The summed E-state index contributed by atoms with van der Waals surface area (Å²) in [7, 11) is 0. The van der Waals surface area contributed by atoms with Crippen LogP contribution in [0.1, 0.15) is 21.5 Å². The third-order valence-electron chi connectivity index (χ3n) is 4.58. The van der Waals surface area contributed by atoms with Gasteiger partial charge in [0.25, 0.3) is 5.91 Å². The minimum atomic E-state index is -1.45. The molecule has 0 bridgehead atoms. The fourth-order valence-electron chi connectivity index (χ4n) is 2.97. The molecule has 1 aromatic heterocycles. The lowest BCUT2D eigenvalue weighted by Gasteiger charge is -2.17. The van der Waals surface area contributed by atoms with Crippen molar-refractivity contribution in [3.05, 3.63) is 91.7 Å². The van der Waals surface area contributed by atoms with Crippen LogP contribution in [-0.2, 0) is 6.42 Å². The second-order valence-electron chi connectivity index (χ2n) is 6.80. The molecule has 3 aromatic rings. The number of aromatic nitrogens is 1. The third-order valence-corrected chi connectivity index (χ3v) is 6.10. The van der Waals surface area contributed by atoms with Crippen molar-refractivity contribution >= 4 is 57.3 Å². The molecule has 172 valence electrons. The molecule has 0 atom stereocenters. The Morgan fingerprint density at radius 1 is 1.15 bits per heavy atom. The Labute approximate surface area is 205 Å². The molecule has 11 heteroatoms. The van der Waals surface area contributed by atoms with E-state index in [1.165, 1.54) is 24.4 Å². The molecule has 2 aromatic carbocycles. The van der Waals surface area contributed by atoms with Gasteiger partial charge in [0.05, 0.1) is 22.0 Å². The van der Waals surface area contributed by atoms with Gasteiger partial charge in [-0.25, -0.2) is 22.5 Å². The second kappa shape index (κ2) is 10.4. The maximum Gasteiger partial charge on any atom is 0.253 e. The zero-order chi connectivity index (χ0) is 24.3. The van der Waals surface area contributed by atoms with Gasteiger partial charge in [0.1, 0.15) is 5.82 Å². The normalized spacial score (nSPS) is 10.7. The van der Waals surface area contributed by atoms with Crippen LogP contribution in [0.4, 0.5) is 34.8 Å². The lowest BCUT2D eigenvalue weighted by atomic mass is 9.99. The first-order valence-corrected chi connectivity index (χ1v) is 10.8. The second-order valence-corrected chi connectivity index (χ2v) is 8.37. The molecular formula is C22H16ClF4IN4O. The SMILES string of the molecule is C=CCNC(=O)c1cc(Cc2ccnc(N)c2F)c(F)c(F)c1Nc1cc(Cl)c(I)cc1F. The standard InChI is InChI=1S/C22H16ClF4IN4O/c1-2-4-31-22(33)12-7-11(6-10-3-5-30-21(29)18(10)26)17(25)19(27)20(12)32-16-8-13(23)15(28)9-14(16)24/h2-3,5,7-9,32H,1,4,6H2,(H2,29,30)(H,31,33). The van der Waals surface area contributed by atoms with Gasteiger partial charge in [0.2, 0.25) is 0 Å². The number of anilines is 3. The van der Waals surface area contributed by atoms with Crippen LogP contribution in [0.25, 0.3) is 0 Å². The fraction of sp³-hybridized carbons (Fsp3) is 0.0909. The Morgan fingerprint density at radius 2 is 1.88 bits per heavy atom. The summed E-state index contributed by atoms with van der Waals surface area (Å²) in [5, 5.41) is 5.04. The van der Waals surface area contributed by atoms with Crippen molar-refractivity contribution in [1.29, 1.82) is 0 Å². The topological polar surface area (TPSA) is 80.0 Å². The average Bonchev–Trinajstić information content (AvgIpc) is 2.78. The Hall–Kier alpha value is -2.86. The Kier molecular flexibility index (Phi) is 7.80. The van der Waals surface area contributed by atoms with Gasteiger partial charge in [-0.2, -0.15) is 0 Å². The van der Waals surface area contributed by atoms with Crippen LogP contribution in [0.15, 0.2) is 43.1 Å². The maximum absolute atomic E-state index is 15.2. The summed E-state index contributed by atoms with van der Waals surface area (Å²) in [6.07, 6.45) is 2.20. The lowest BCUT2D eigenvalue weighted by Crippen LogP contribution is -2.25. The summed E-state index contributed by atoms with van der Waals surface area (Å²) in [5.41, 5.74) is 3.87. The number of carbonyl (C=O) groups excluding carboxylic acids is 1. The van der Waals surface area contributed by atoms with Crippen molar-refractivity contribution in [3.63, 3.8) is 0 Å². The molecule has 0 saturated heterocycles. The van der Waals surface area contributed by atoms with Crippen molar-refractivity contribution < 1.29 is 22.4 Å². The van der Waals surface area contributed by atoms with Gasteiger partial charge in [-0.15, -0.1) is 6.58 Å². The van der Waals surface area contributed by atoms with Crippen molar-refractivity contribution in [3.8, 4) is 0 Å². The lowest BCUT2D eigenvalue weighted by molar-refractivity contribution is 0.0958. The monoisotopic (exact) mass is 590 g/mol. The molecule has 0 aliphatic heterocycles. The summed E-state index contributed by atoms with van der Waals surface area (Å²) >= 11 is 7.82. The smallest absolute Gasteiger partial charge is 0.253 e. The number of nitrogens with two attached hydrogens (primary N) is 1. The number of pyridine rings is 1. The van der Waals surface area contributed by atoms with Gasteiger partial charge in [-0.05, 0) is 58.0 Å². The van der Waals surface area contributed by atoms with Gasteiger partial charge in [0.15, 0.2) is 23.3 Å². The molecule has 0 unspecified atom stereocenters. The summed E-state index contributed by atoms with van der Waals surface area (Å²) in [6, 6.07) is 4.60. The van der Waals surface area contributed by atoms with Crippen LogP contribution >= 0.6 is 34.2 Å². The largest absolute Gasteiger partial charge is 0.381 e. The van der Waals surface area contributed by atoms with E-state index in [0.29, 0.717) is 3.57 Å². The van der Waals surface area contributed by atoms with Crippen LogP contribution < -0.4 is 16.4 Å². The highest BCUT2D eigenvalue weighted by Gasteiger charge is 2.24. The van der Waals surface area contributed by atoms with Crippen molar-refractivity contribution in [1.82, 2.24) is 10.3 Å². The van der Waals surface area contributed by atoms with Crippen LogP contribution in [-0.4, -0.2) is 17.4 Å². The summed E-state index contributed by atoms with van der Waals surface area (Å²) in [5.74, 6) is -5.66. The van der Waals surface area contributed by atoms with E-state index in [1.807, 2.05) is 22.6 Å². The van der Waals surface area contributed by atoms with E-state index in [-0.39, 0.29) is 33.9 Å². The number of nitrogen functional groups attached to an aromatic ring is 1. The molecule has 0 aliphatic carbocycles. The highest BCUT2D eigenvalue weighted by Crippen LogP contribution is 2.33. The highest BCUT2D eigenvalue weighted by atomic mass is 127. The van der Waals surface area contributed by atoms with Gasteiger partial charge in [0, 0.05) is 22.7 Å². The third kappa shape index (κ3) is 5.38. The molecule has 33 heavy (non-hydrogen) atoms. The summed E-state index contributed by atoms with van der Waals surface area (Å²) in [6.45, 7) is 3.51. The number of hydrogen-bond acceptors (Lipinski definition) is 4. The minimum absolute atomic E-state index is 0.0336. The molecule has 0 radical (unpaired) electrons.